The largest absolute Gasteiger partial charge is 0.368 e. The molecule has 1 fully saturated rings. The zero-order chi connectivity index (χ0) is 22.0. The van der Waals surface area contributed by atoms with E-state index in [2.05, 4.69) is 30.1 Å². The predicted molar refractivity (Wildman–Crippen MR) is 118 cm³/mol. The molecule has 0 aromatic carbocycles. The van der Waals surface area contributed by atoms with Gasteiger partial charge in [0.25, 0.3) is 11.8 Å². The summed E-state index contributed by atoms with van der Waals surface area (Å²) in [6, 6.07) is 5.74. The van der Waals surface area contributed by atoms with Gasteiger partial charge >= 0.3 is 0 Å². The fourth-order valence-corrected chi connectivity index (χ4v) is 4.11. The van der Waals surface area contributed by atoms with E-state index in [-0.39, 0.29) is 17.7 Å². The van der Waals surface area contributed by atoms with E-state index in [0.29, 0.717) is 11.1 Å². The van der Waals surface area contributed by atoms with Crippen molar-refractivity contribution in [3.8, 4) is 0 Å². The smallest absolute Gasteiger partial charge is 0.269 e. The second kappa shape index (κ2) is 8.93. The highest BCUT2D eigenvalue weighted by Crippen LogP contribution is 2.21. The minimum atomic E-state index is -0.172. The van der Waals surface area contributed by atoms with Crippen molar-refractivity contribution in [1.82, 2.24) is 20.2 Å². The van der Waals surface area contributed by atoms with Crippen molar-refractivity contribution in [1.29, 1.82) is 0 Å². The highest BCUT2D eigenvalue weighted by atomic mass is 16.2. The molecular weight excluding hydrogens is 392 g/mol. The van der Waals surface area contributed by atoms with Crippen molar-refractivity contribution >= 4 is 23.6 Å². The molecule has 8 nitrogen and oxygen atoms in total. The van der Waals surface area contributed by atoms with E-state index in [1.165, 1.54) is 0 Å². The number of fused-ring (bicyclic) bond motifs is 1. The lowest BCUT2D eigenvalue weighted by molar-refractivity contribution is -0.120. The standard InChI is InChI=1S/C23H28N6O2/c1-4-17-12-19-20(27-22(17)30)11-16(13-25-19)14-28-7-9-29(10-8-28)21-6-5-18(23(31)24-3)26-15(21)2/h5-6,11-13,17H,4,7-10,14H2,1-3H3,(H,24,31). The van der Waals surface area contributed by atoms with Gasteiger partial charge in [-0.05, 0) is 43.2 Å². The molecule has 0 radical (unpaired) electrons. The Hall–Kier alpha value is -3.13. The SMILES string of the molecule is CCC1C=c2ncc(CN3CCN(c4ccc(C(=O)NC)nc4C)CC3)cc2=NC1=O. The fourth-order valence-electron chi connectivity index (χ4n) is 4.11. The molecule has 1 saturated heterocycles. The van der Waals surface area contributed by atoms with Crippen LogP contribution in [0.15, 0.2) is 29.4 Å². The number of nitrogens with one attached hydrogen (secondary N) is 1. The molecule has 4 rings (SSSR count). The third-order valence-electron chi connectivity index (χ3n) is 5.94. The number of rotatable bonds is 5. The average molecular weight is 421 g/mol. The van der Waals surface area contributed by atoms with Gasteiger partial charge in [-0.2, -0.15) is 0 Å². The van der Waals surface area contributed by atoms with Gasteiger partial charge in [-0.3, -0.25) is 19.5 Å². The quantitative estimate of drug-likeness (QED) is 0.755. The molecule has 2 aliphatic rings. The average Bonchev–Trinajstić information content (AvgIpc) is 2.78. The summed E-state index contributed by atoms with van der Waals surface area (Å²) in [6.45, 7) is 8.30. The molecule has 1 unspecified atom stereocenters. The number of pyridine rings is 2. The highest BCUT2D eigenvalue weighted by molar-refractivity contribution is 5.92. The first-order valence-electron chi connectivity index (χ1n) is 10.7. The Balaban J connectivity index is 1.40. The molecule has 0 bridgehead atoms. The summed E-state index contributed by atoms with van der Waals surface area (Å²) in [5.41, 5.74) is 3.44. The molecule has 31 heavy (non-hydrogen) atoms. The molecule has 0 aliphatic carbocycles. The van der Waals surface area contributed by atoms with Crippen molar-refractivity contribution < 1.29 is 9.59 Å². The zero-order valence-corrected chi connectivity index (χ0v) is 18.3. The van der Waals surface area contributed by atoms with Crippen LogP contribution in [0, 0.1) is 12.8 Å². The van der Waals surface area contributed by atoms with Crippen LogP contribution >= 0.6 is 0 Å². The van der Waals surface area contributed by atoms with Crippen LogP contribution in [-0.2, 0) is 11.3 Å². The van der Waals surface area contributed by atoms with E-state index in [1.54, 1.807) is 13.1 Å². The van der Waals surface area contributed by atoms with Crippen LogP contribution in [0.4, 0.5) is 5.69 Å². The Kier molecular flexibility index (Phi) is 6.08. The van der Waals surface area contributed by atoms with Gasteiger partial charge in [0.05, 0.1) is 28.0 Å². The molecule has 2 aliphatic heterocycles. The first-order chi connectivity index (χ1) is 15.0. The molecule has 0 saturated carbocycles. The first-order valence-corrected chi connectivity index (χ1v) is 10.7. The van der Waals surface area contributed by atoms with Crippen molar-refractivity contribution in [3.05, 3.63) is 52.1 Å². The molecule has 4 heterocycles. The molecule has 1 atom stereocenters. The van der Waals surface area contributed by atoms with Gasteiger partial charge in [0.1, 0.15) is 5.69 Å². The van der Waals surface area contributed by atoms with Gasteiger partial charge in [-0.25, -0.2) is 9.98 Å². The number of anilines is 1. The number of aromatic nitrogens is 2. The van der Waals surface area contributed by atoms with E-state index >= 15 is 0 Å². The summed E-state index contributed by atoms with van der Waals surface area (Å²) >= 11 is 0. The molecule has 2 amide bonds. The lowest BCUT2D eigenvalue weighted by Gasteiger charge is -2.36. The number of hydrogen-bond donors (Lipinski definition) is 1. The van der Waals surface area contributed by atoms with Crippen molar-refractivity contribution in [3.63, 3.8) is 0 Å². The molecular formula is C23H28N6O2. The maximum atomic E-state index is 12.1. The topological polar surface area (TPSA) is 90.8 Å². The molecule has 2 aromatic heterocycles. The van der Waals surface area contributed by atoms with Crippen LogP contribution in [0.1, 0.15) is 35.1 Å². The number of nitrogens with zero attached hydrogens (tertiary/aromatic N) is 5. The molecule has 8 heteroatoms. The number of hydrogen-bond acceptors (Lipinski definition) is 6. The van der Waals surface area contributed by atoms with E-state index in [1.807, 2.05) is 38.3 Å². The number of carbonyl (C=O) groups excluding carboxylic acids is 2. The third-order valence-corrected chi connectivity index (χ3v) is 5.94. The van der Waals surface area contributed by atoms with Crippen LogP contribution in [0.25, 0.3) is 6.08 Å². The lowest BCUT2D eigenvalue weighted by Crippen LogP contribution is -2.46. The Morgan fingerprint density at radius 2 is 2.00 bits per heavy atom. The Morgan fingerprint density at radius 1 is 1.23 bits per heavy atom. The number of piperazine rings is 1. The van der Waals surface area contributed by atoms with E-state index in [4.69, 9.17) is 0 Å². The van der Waals surface area contributed by atoms with Crippen LogP contribution < -0.4 is 20.9 Å². The van der Waals surface area contributed by atoms with Gasteiger partial charge in [0.2, 0.25) is 0 Å². The molecule has 1 N–H and O–H groups in total. The van der Waals surface area contributed by atoms with Gasteiger partial charge in [-0.15, -0.1) is 0 Å². The lowest BCUT2D eigenvalue weighted by atomic mass is 10.0. The monoisotopic (exact) mass is 420 g/mol. The zero-order valence-electron chi connectivity index (χ0n) is 18.3. The summed E-state index contributed by atoms with van der Waals surface area (Å²) in [5, 5.41) is 4.10. The third kappa shape index (κ3) is 4.49. The molecule has 2 aromatic rings. The number of carbonyl (C=O) groups is 2. The summed E-state index contributed by atoms with van der Waals surface area (Å²) < 4.78 is 0. The van der Waals surface area contributed by atoms with Gasteiger partial charge < -0.3 is 10.2 Å². The first kappa shape index (κ1) is 21.1. The van der Waals surface area contributed by atoms with Gasteiger partial charge in [-0.1, -0.05) is 6.92 Å². The second-order valence-electron chi connectivity index (χ2n) is 8.02. The van der Waals surface area contributed by atoms with E-state index < -0.39 is 0 Å². The summed E-state index contributed by atoms with van der Waals surface area (Å²) in [7, 11) is 1.61. The Bertz CT molecular complexity index is 1120. The molecule has 0 spiro atoms. The van der Waals surface area contributed by atoms with Crippen LogP contribution in [0.2, 0.25) is 0 Å². The second-order valence-corrected chi connectivity index (χ2v) is 8.02. The predicted octanol–water partition coefficient (Wildman–Crippen LogP) is 0.433. The minimum absolute atomic E-state index is 0.0750. The maximum absolute atomic E-state index is 12.1. The van der Waals surface area contributed by atoms with E-state index in [9.17, 15) is 9.59 Å². The summed E-state index contributed by atoms with van der Waals surface area (Å²) in [5.74, 6) is -0.398. The normalized spacial score (nSPS) is 18.7. The minimum Gasteiger partial charge on any atom is -0.368 e. The summed E-state index contributed by atoms with van der Waals surface area (Å²) in [4.78, 5) is 41.8. The van der Waals surface area contributed by atoms with Crippen molar-refractivity contribution in [2.45, 2.75) is 26.8 Å². The van der Waals surface area contributed by atoms with Crippen LogP contribution in [-0.4, -0.2) is 59.9 Å². The van der Waals surface area contributed by atoms with Gasteiger partial charge in [0.15, 0.2) is 0 Å². The fraction of sp³-hybridized carbons (Fsp3) is 0.435. The maximum Gasteiger partial charge on any atom is 0.269 e. The Labute approximate surface area is 181 Å². The summed E-state index contributed by atoms with van der Waals surface area (Å²) in [6.07, 6.45) is 4.57. The number of amides is 2. The molecule has 162 valence electrons. The van der Waals surface area contributed by atoms with Gasteiger partial charge in [0, 0.05) is 46.0 Å². The van der Waals surface area contributed by atoms with Crippen LogP contribution in [0.5, 0.6) is 0 Å². The van der Waals surface area contributed by atoms with Crippen LogP contribution in [0.3, 0.4) is 0 Å². The van der Waals surface area contributed by atoms with E-state index in [0.717, 1.165) is 61.4 Å². The van der Waals surface area contributed by atoms with Crippen molar-refractivity contribution in [2.24, 2.45) is 10.9 Å². The number of aryl methyl sites for hydroxylation is 1. The Morgan fingerprint density at radius 3 is 2.68 bits per heavy atom. The van der Waals surface area contributed by atoms with Crippen molar-refractivity contribution in [2.75, 3.05) is 38.1 Å². The highest BCUT2D eigenvalue weighted by Gasteiger charge is 2.21.